The van der Waals surface area contributed by atoms with Crippen molar-refractivity contribution in [2.75, 3.05) is 108 Å². The zero-order valence-corrected chi connectivity index (χ0v) is 35.1. The first-order valence-electron chi connectivity index (χ1n) is 21.5. The molecule has 6 heteroatoms. The van der Waals surface area contributed by atoms with Crippen LogP contribution in [-0.2, 0) is 18.9 Å². The number of likely N-dealkylation sites (N-methyl/N-ethyl adjacent to an activating group) is 2. The predicted octanol–water partition coefficient (Wildman–Crippen LogP) is 10.9. The van der Waals surface area contributed by atoms with E-state index in [1.807, 2.05) is 0 Å². The largest absolute Gasteiger partial charge is 0.381 e. The highest BCUT2D eigenvalue weighted by atomic mass is 16.5. The van der Waals surface area contributed by atoms with Gasteiger partial charge in [0, 0.05) is 25.2 Å². The highest BCUT2D eigenvalue weighted by Crippen LogP contribution is 2.28. The van der Waals surface area contributed by atoms with E-state index in [1.54, 1.807) is 0 Å². The number of hydrogen-bond acceptors (Lipinski definition) is 4. The molecule has 0 amide bonds. The summed E-state index contributed by atoms with van der Waals surface area (Å²) in [6, 6.07) is 0. The maximum atomic E-state index is 6.47. The standard InChI is InChI=1S/C43H92N2O4/c1-9-11-13-15-16-17-18-19-20-22-27-31-37-47-40-43(41-48-38-33-44(3,4)5,42-49-39-34-45(6,7)8)32-28-24-21-23-26-30-36-46-35-29-25-14-12-10-2/h9-42H2,1-8H3/q+2. The average Bonchev–Trinajstić information content (AvgIpc) is 3.04. The number of unbranched alkanes of at least 4 members (excludes halogenated alkanes) is 20. The summed E-state index contributed by atoms with van der Waals surface area (Å²) in [5.74, 6) is 0. The zero-order chi connectivity index (χ0) is 36.4. The summed E-state index contributed by atoms with van der Waals surface area (Å²) < 4.78 is 27.0. The van der Waals surface area contributed by atoms with Crippen molar-refractivity contribution in [3.8, 4) is 0 Å². The van der Waals surface area contributed by atoms with Crippen molar-refractivity contribution in [1.29, 1.82) is 0 Å². The normalized spacial score (nSPS) is 12.7. The Kier molecular flexibility index (Phi) is 33.4. The second-order valence-electron chi connectivity index (χ2n) is 17.5. The summed E-state index contributed by atoms with van der Waals surface area (Å²) in [6.07, 6.45) is 31.7. The molecule has 0 atom stereocenters. The summed E-state index contributed by atoms with van der Waals surface area (Å²) in [5, 5.41) is 0. The molecule has 0 unspecified atom stereocenters. The molecule has 0 bridgehead atoms. The Morgan fingerprint density at radius 2 is 0.612 bits per heavy atom. The van der Waals surface area contributed by atoms with Gasteiger partial charge in [0.05, 0.1) is 75.3 Å². The van der Waals surface area contributed by atoms with Crippen LogP contribution in [0.25, 0.3) is 0 Å². The molecule has 0 aromatic heterocycles. The third kappa shape index (κ3) is 37.3. The average molecular weight is 701 g/mol. The minimum Gasteiger partial charge on any atom is -0.381 e. The predicted molar refractivity (Wildman–Crippen MR) is 214 cm³/mol. The van der Waals surface area contributed by atoms with Gasteiger partial charge in [-0.1, -0.05) is 142 Å². The third-order valence-electron chi connectivity index (χ3n) is 9.82. The van der Waals surface area contributed by atoms with E-state index >= 15 is 0 Å². The van der Waals surface area contributed by atoms with Gasteiger partial charge in [0.25, 0.3) is 0 Å². The van der Waals surface area contributed by atoms with E-state index in [1.165, 1.54) is 148 Å². The number of nitrogens with zero attached hydrogens (tertiary/aromatic N) is 2. The second-order valence-corrected chi connectivity index (χ2v) is 17.5. The van der Waals surface area contributed by atoms with Crippen molar-refractivity contribution < 1.29 is 27.9 Å². The van der Waals surface area contributed by atoms with Crippen LogP contribution in [0.2, 0.25) is 0 Å². The fourth-order valence-corrected chi connectivity index (χ4v) is 6.25. The Bertz CT molecular complexity index is 605. The van der Waals surface area contributed by atoms with E-state index < -0.39 is 0 Å². The van der Waals surface area contributed by atoms with Crippen molar-refractivity contribution in [3.05, 3.63) is 0 Å². The van der Waals surface area contributed by atoms with Crippen LogP contribution in [0.5, 0.6) is 0 Å². The van der Waals surface area contributed by atoms with Crippen LogP contribution in [0.15, 0.2) is 0 Å². The van der Waals surface area contributed by atoms with E-state index in [-0.39, 0.29) is 5.41 Å². The quantitative estimate of drug-likeness (QED) is 0.0471. The molecule has 0 saturated carbocycles. The molecule has 0 saturated heterocycles. The SMILES string of the molecule is CCCCCCCCCCCCCCOCC(CCCCCCCCOCCCCCCC)(COCC[N+](C)(C)C)COCC[N+](C)(C)C. The number of ether oxygens (including phenoxy) is 4. The van der Waals surface area contributed by atoms with Crippen molar-refractivity contribution in [2.45, 2.75) is 168 Å². The maximum Gasteiger partial charge on any atom is 0.102 e. The molecule has 0 radical (unpaired) electrons. The molecule has 0 spiro atoms. The molecule has 296 valence electrons. The lowest BCUT2D eigenvalue weighted by molar-refractivity contribution is -0.870. The molecule has 0 aromatic carbocycles. The van der Waals surface area contributed by atoms with Crippen LogP contribution in [0.4, 0.5) is 0 Å². The topological polar surface area (TPSA) is 36.9 Å². The van der Waals surface area contributed by atoms with E-state index in [4.69, 9.17) is 18.9 Å². The highest BCUT2D eigenvalue weighted by Gasteiger charge is 2.32. The fraction of sp³-hybridized carbons (Fsp3) is 1.00. The summed E-state index contributed by atoms with van der Waals surface area (Å²) in [4.78, 5) is 0. The Morgan fingerprint density at radius 1 is 0.327 bits per heavy atom. The number of hydrogen-bond donors (Lipinski definition) is 0. The van der Waals surface area contributed by atoms with Gasteiger partial charge in [0.15, 0.2) is 0 Å². The monoisotopic (exact) mass is 701 g/mol. The minimum atomic E-state index is -0.0716. The molecule has 0 aliphatic rings. The van der Waals surface area contributed by atoms with Gasteiger partial charge in [-0.05, 0) is 25.7 Å². The molecule has 0 fully saturated rings. The lowest BCUT2D eigenvalue weighted by atomic mass is 9.84. The van der Waals surface area contributed by atoms with Crippen molar-refractivity contribution in [2.24, 2.45) is 5.41 Å². The van der Waals surface area contributed by atoms with Crippen molar-refractivity contribution in [3.63, 3.8) is 0 Å². The zero-order valence-electron chi connectivity index (χ0n) is 35.1. The maximum absolute atomic E-state index is 6.47. The van der Waals surface area contributed by atoms with Gasteiger partial charge in [-0.15, -0.1) is 0 Å². The first kappa shape index (κ1) is 48.8. The Labute approximate surface area is 308 Å². The molecular weight excluding hydrogens is 608 g/mol. The van der Waals surface area contributed by atoms with Crippen LogP contribution in [0.3, 0.4) is 0 Å². The molecule has 0 N–H and O–H groups in total. The minimum absolute atomic E-state index is 0.0716. The van der Waals surface area contributed by atoms with Gasteiger partial charge in [-0.3, -0.25) is 0 Å². The van der Waals surface area contributed by atoms with Gasteiger partial charge in [0.1, 0.15) is 13.1 Å². The molecular formula is C43H92N2O4+2. The second kappa shape index (κ2) is 33.6. The molecule has 0 aliphatic heterocycles. The summed E-state index contributed by atoms with van der Waals surface area (Å²) in [6.45, 7) is 13.1. The first-order chi connectivity index (χ1) is 23.5. The smallest absolute Gasteiger partial charge is 0.102 e. The van der Waals surface area contributed by atoms with Crippen LogP contribution in [0.1, 0.15) is 168 Å². The van der Waals surface area contributed by atoms with Gasteiger partial charge in [-0.25, -0.2) is 0 Å². The lowest BCUT2D eigenvalue weighted by Gasteiger charge is -2.34. The van der Waals surface area contributed by atoms with Crippen LogP contribution in [0, 0.1) is 5.41 Å². The molecule has 0 aromatic rings. The van der Waals surface area contributed by atoms with Gasteiger partial charge in [-0.2, -0.15) is 0 Å². The molecule has 0 rings (SSSR count). The highest BCUT2D eigenvalue weighted by molar-refractivity contribution is 4.80. The Hall–Kier alpha value is -0.240. The van der Waals surface area contributed by atoms with Crippen LogP contribution in [-0.4, -0.2) is 117 Å². The van der Waals surface area contributed by atoms with Crippen LogP contribution >= 0.6 is 0 Å². The van der Waals surface area contributed by atoms with E-state index in [2.05, 4.69) is 56.1 Å². The van der Waals surface area contributed by atoms with Gasteiger partial charge < -0.3 is 27.9 Å². The fourth-order valence-electron chi connectivity index (χ4n) is 6.25. The summed E-state index contributed by atoms with van der Waals surface area (Å²) in [7, 11) is 13.4. The van der Waals surface area contributed by atoms with Crippen molar-refractivity contribution in [1.82, 2.24) is 0 Å². The number of rotatable bonds is 40. The van der Waals surface area contributed by atoms with Crippen LogP contribution < -0.4 is 0 Å². The molecule has 49 heavy (non-hydrogen) atoms. The summed E-state index contributed by atoms with van der Waals surface area (Å²) in [5.41, 5.74) is -0.0716. The Balaban J connectivity index is 4.67. The van der Waals surface area contributed by atoms with Crippen molar-refractivity contribution >= 4 is 0 Å². The molecule has 6 nitrogen and oxygen atoms in total. The summed E-state index contributed by atoms with van der Waals surface area (Å²) >= 11 is 0. The van der Waals surface area contributed by atoms with Gasteiger partial charge >= 0.3 is 0 Å². The van der Waals surface area contributed by atoms with E-state index in [0.29, 0.717) is 0 Å². The van der Waals surface area contributed by atoms with E-state index in [0.717, 1.165) is 81.3 Å². The number of quaternary nitrogens is 2. The van der Waals surface area contributed by atoms with Gasteiger partial charge in [0.2, 0.25) is 0 Å². The third-order valence-corrected chi connectivity index (χ3v) is 9.82. The molecule has 0 heterocycles. The molecule has 0 aliphatic carbocycles. The lowest BCUT2D eigenvalue weighted by Crippen LogP contribution is -2.42. The first-order valence-corrected chi connectivity index (χ1v) is 21.5. The Morgan fingerprint density at radius 3 is 0.959 bits per heavy atom. The van der Waals surface area contributed by atoms with E-state index in [9.17, 15) is 0 Å².